The molecule has 134 valence electrons. The van der Waals surface area contributed by atoms with Gasteiger partial charge in [0.1, 0.15) is 0 Å². The SMILES string of the molecule is CCCCC(CN1C(=O)c2ccccc2C1=O)c1ccc2c(c1)OCO2. The highest BCUT2D eigenvalue weighted by Gasteiger charge is 2.36. The van der Waals surface area contributed by atoms with Gasteiger partial charge in [0.05, 0.1) is 11.1 Å². The smallest absolute Gasteiger partial charge is 0.261 e. The molecular weight excluding hydrogens is 330 g/mol. The third kappa shape index (κ3) is 2.83. The molecule has 26 heavy (non-hydrogen) atoms. The molecule has 0 N–H and O–H groups in total. The van der Waals surface area contributed by atoms with E-state index in [0.29, 0.717) is 17.7 Å². The summed E-state index contributed by atoms with van der Waals surface area (Å²) in [6.45, 7) is 2.75. The fourth-order valence-electron chi connectivity index (χ4n) is 3.61. The van der Waals surface area contributed by atoms with E-state index in [0.717, 1.165) is 36.3 Å². The summed E-state index contributed by atoms with van der Waals surface area (Å²) in [6, 6.07) is 12.9. The zero-order valence-electron chi connectivity index (χ0n) is 14.7. The van der Waals surface area contributed by atoms with Crippen molar-refractivity contribution in [2.24, 2.45) is 0 Å². The van der Waals surface area contributed by atoms with Gasteiger partial charge in [-0.1, -0.05) is 38.0 Å². The lowest BCUT2D eigenvalue weighted by Gasteiger charge is -2.23. The third-order valence-electron chi connectivity index (χ3n) is 5.06. The number of carbonyl (C=O) groups excluding carboxylic acids is 2. The number of rotatable bonds is 6. The largest absolute Gasteiger partial charge is 0.454 e. The Balaban J connectivity index is 1.60. The molecule has 2 aliphatic rings. The number of amides is 2. The van der Waals surface area contributed by atoms with Gasteiger partial charge in [-0.25, -0.2) is 0 Å². The van der Waals surface area contributed by atoms with Crippen LogP contribution in [0.2, 0.25) is 0 Å². The Hall–Kier alpha value is -2.82. The molecular formula is C21H21NO4. The lowest BCUT2D eigenvalue weighted by Crippen LogP contribution is -2.34. The Morgan fingerprint density at radius 1 is 1.00 bits per heavy atom. The highest BCUT2D eigenvalue weighted by molar-refractivity contribution is 6.21. The van der Waals surface area contributed by atoms with Crippen LogP contribution in [0, 0.1) is 0 Å². The van der Waals surface area contributed by atoms with E-state index < -0.39 is 0 Å². The van der Waals surface area contributed by atoms with Gasteiger partial charge in [0.15, 0.2) is 11.5 Å². The Morgan fingerprint density at radius 3 is 2.38 bits per heavy atom. The number of carbonyl (C=O) groups is 2. The van der Waals surface area contributed by atoms with E-state index in [9.17, 15) is 9.59 Å². The maximum atomic E-state index is 12.7. The average Bonchev–Trinajstić information content (AvgIpc) is 3.23. The van der Waals surface area contributed by atoms with Gasteiger partial charge in [0, 0.05) is 12.5 Å². The Bertz CT molecular complexity index is 826. The number of benzene rings is 2. The molecule has 5 heteroatoms. The van der Waals surface area contributed by atoms with E-state index in [1.54, 1.807) is 24.3 Å². The molecule has 2 aliphatic heterocycles. The summed E-state index contributed by atoms with van der Waals surface area (Å²) in [5.74, 6) is 1.14. The van der Waals surface area contributed by atoms with Crippen molar-refractivity contribution in [2.75, 3.05) is 13.3 Å². The third-order valence-corrected chi connectivity index (χ3v) is 5.06. The van der Waals surface area contributed by atoms with E-state index in [-0.39, 0.29) is 24.5 Å². The summed E-state index contributed by atoms with van der Waals surface area (Å²) in [6.07, 6.45) is 3.00. The van der Waals surface area contributed by atoms with E-state index in [2.05, 4.69) is 6.92 Å². The van der Waals surface area contributed by atoms with Crippen LogP contribution in [-0.2, 0) is 0 Å². The molecule has 1 atom stereocenters. The van der Waals surface area contributed by atoms with Gasteiger partial charge in [-0.2, -0.15) is 0 Å². The molecule has 0 spiro atoms. The van der Waals surface area contributed by atoms with Crippen LogP contribution in [0.25, 0.3) is 0 Å². The highest BCUT2D eigenvalue weighted by atomic mass is 16.7. The van der Waals surface area contributed by atoms with Crippen LogP contribution in [0.15, 0.2) is 42.5 Å². The molecule has 0 aliphatic carbocycles. The zero-order valence-corrected chi connectivity index (χ0v) is 14.7. The topological polar surface area (TPSA) is 55.8 Å². The molecule has 1 unspecified atom stereocenters. The van der Waals surface area contributed by atoms with Crippen LogP contribution < -0.4 is 9.47 Å². The van der Waals surface area contributed by atoms with Crippen molar-refractivity contribution in [1.82, 2.24) is 4.90 Å². The molecule has 5 nitrogen and oxygen atoms in total. The van der Waals surface area contributed by atoms with Crippen molar-refractivity contribution in [3.63, 3.8) is 0 Å². The number of nitrogens with zero attached hydrogens (tertiary/aromatic N) is 1. The van der Waals surface area contributed by atoms with Crippen molar-refractivity contribution in [3.05, 3.63) is 59.2 Å². The van der Waals surface area contributed by atoms with Crippen molar-refractivity contribution in [3.8, 4) is 11.5 Å². The van der Waals surface area contributed by atoms with Crippen molar-refractivity contribution in [2.45, 2.75) is 32.1 Å². The second-order valence-corrected chi connectivity index (χ2v) is 6.72. The van der Waals surface area contributed by atoms with E-state index in [4.69, 9.17) is 9.47 Å². The van der Waals surface area contributed by atoms with Crippen LogP contribution in [0.3, 0.4) is 0 Å². The monoisotopic (exact) mass is 351 g/mol. The van der Waals surface area contributed by atoms with E-state index in [1.165, 1.54) is 4.90 Å². The van der Waals surface area contributed by atoms with Crippen molar-refractivity contribution < 1.29 is 19.1 Å². The van der Waals surface area contributed by atoms with Crippen LogP contribution in [0.4, 0.5) is 0 Å². The molecule has 0 fully saturated rings. The Kier molecular flexibility index (Phi) is 4.37. The molecule has 0 radical (unpaired) electrons. The summed E-state index contributed by atoms with van der Waals surface area (Å²) in [5.41, 5.74) is 2.06. The van der Waals surface area contributed by atoms with Crippen LogP contribution in [0.1, 0.15) is 58.4 Å². The molecule has 2 aromatic rings. The first-order chi connectivity index (χ1) is 12.7. The summed E-state index contributed by atoms with van der Waals surface area (Å²) >= 11 is 0. The maximum Gasteiger partial charge on any atom is 0.261 e. The number of ether oxygens (including phenoxy) is 2. The second-order valence-electron chi connectivity index (χ2n) is 6.72. The predicted molar refractivity (Wildman–Crippen MR) is 96.6 cm³/mol. The van der Waals surface area contributed by atoms with Gasteiger partial charge in [-0.3, -0.25) is 14.5 Å². The second kappa shape index (κ2) is 6.83. The summed E-state index contributed by atoms with van der Waals surface area (Å²) < 4.78 is 10.9. The minimum atomic E-state index is -0.201. The summed E-state index contributed by atoms with van der Waals surface area (Å²) in [7, 11) is 0. The van der Waals surface area contributed by atoms with Crippen LogP contribution in [0.5, 0.6) is 11.5 Å². The Labute approximate surface area is 152 Å². The number of hydrogen-bond donors (Lipinski definition) is 0. The minimum Gasteiger partial charge on any atom is -0.454 e. The molecule has 0 saturated heterocycles. The van der Waals surface area contributed by atoms with Gasteiger partial charge in [-0.05, 0) is 36.2 Å². The van der Waals surface area contributed by atoms with Gasteiger partial charge < -0.3 is 9.47 Å². The standard InChI is InChI=1S/C21H21NO4/c1-2-3-6-15(14-9-10-18-19(11-14)26-13-25-18)12-22-20(23)16-7-4-5-8-17(16)21(22)24/h4-5,7-11,15H,2-3,6,12-13H2,1H3. The molecule has 0 aromatic heterocycles. The molecule has 4 rings (SSSR count). The Morgan fingerprint density at radius 2 is 1.69 bits per heavy atom. The number of fused-ring (bicyclic) bond motifs is 2. The van der Waals surface area contributed by atoms with Gasteiger partial charge in [0.2, 0.25) is 6.79 Å². The average molecular weight is 351 g/mol. The number of unbranched alkanes of at least 4 members (excludes halogenated alkanes) is 1. The highest BCUT2D eigenvalue weighted by Crippen LogP contribution is 2.37. The summed E-state index contributed by atoms with van der Waals surface area (Å²) in [4.78, 5) is 26.8. The number of imide groups is 1. The first-order valence-electron chi connectivity index (χ1n) is 9.03. The lowest BCUT2D eigenvalue weighted by atomic mass is 9.92. The zero-order chi connectivity index (χ0) is 18.1. The minimum absolute atomic E-state index is 0.0756. The molecule has 2 amide bonds. The molecule has 2 aromatic carbocycles. The first-order valence-corrected chi connectivity index (χ1v) is 9.03. The van der Waals surface area contributed by atoms with Crippen LogP contribution in [-0.4, -0.2) is 30.1 Å². The summed E-state index contributed by atoms with van der Waals surface area (Å²) in [5, 5.41) is 0. The van der Waals surface area contributed by atoms with Crippen molar-refractivity contribution >= 4 is 11.8 Å². The fourth-order valence-corrected chi connectivity index (χ4v) is 3.61. The normalized spacial score (nSPS) is 16.1. The first kappa shape index (κ1) is 16.6. The molecule has 0 saturated carbocycles. The van der Waals surface area contributed by atoms with Gasteiger partial charge in [0.25, 0.3) is 11.8 Å². The maximum absolute atomic E-state index is 12.7. The molecule has 2 heterocycles. The van der Waals surface area contributed by atoms with Gasteiger partial charge in [-0.15, -0.1) is 0 Å². The predicted octanol–water partition coefficient (Wildman–Crippen LogP) is 3.99. The van der Waals surface area contributed by atoms with Crippen LogP contribution >= 0.6 is 0 Å². The molecule has 0 bridgehead atoms. The lowest BCUT2D eigenvalue weighted by molar-refractivity contribution is 0.0642. The quantitative estimate of drug-likeness (QED) is 0.739. The fraction of sp³-hybridized carbons (Fsp3) is 0.333. The van der Waals surface area contributed by atoms with E-state index in [1.807, 2.05) is 18.2 Å². The van der Waals surface area contributed by atoms with Crippen molar-refractivity contribution in [1.29, 1.82) is 0 Å². The number of hydrogen-bond acceptors (Lipinski definition) is 4. The van der Waals surface area contributed by atoms with E-state index >= 15 is 0 Å². The van der Waals surface area contributed by atoms with Gasteiger partial charge >= 0.3 is 0 Å².